The van der Waals surface area contributed by atoms with Crippen LogP contribution in [0.4, 0.5) is 0 Å². The molecule has 0 radical (unpaired) electrons. The van der Waals surface area contributed by atoms with Crippen LogP contribution in [0.15, 0.2) is 24.3 Å². The summed E-state index contributed by atoms with van der Waals surface area (Å²) in [5.74, 6) is -1.13. The lowest BCUT2D eigenvalue weighted by atomic mass is 9.77. The van der Waals surface area contributed by atoms with Gasteiger partial charge in [0.2, 0.25) is 23.6 Å². The van der Waals surface area contributed by atoms with Gasteiger partial charge in [-0.2, -0.15) is 0 Å². The van der Waals surface area contributed by atoms with Crippen molar-refractivity contribution in [3.63, 3.8) is 0 Å². The predicted molar refractivity (Wildman–Crippen MR) is 487 cm³/mol. The molecule has 2 aliphatic heterocycles. The van der Waals surface area contributed by atoms with E-state index in [4.69, 9.17) is 18.9 Å². The standard InChI is InChI=1S/C102H190N4O8/c1-9-13-17-21-25-29-33-37-41-45-49-53-57-61-65-69-77-111-85-93(86-112-78-70-66-62-58-54-50-46-42-38-34-30-26-22-18-14-10-2)83-101(99(109)103-95(89(5)6)97(107)105-101)81-91-73-75-92(76-74-91)82-102(100(110)104-96(90(7)8)98(108)106-102)84-94(87-113-79-71-67-63-59-55-51-47-43-39-35-31-27-23-19-15-11-3)88-114-80-72-68-64-60-56-52-48-44-40-36-32-28-24-20-16-12-4/h73-76,89-90,93-96H,9-72,77-88H2,1-8H3,(H,103,109)(H,104,110)(H,105,107)(H,106,108)/t95-,96-,101+,102+/m0/s1. The third-order valence-corrected chi connectivity index (χ3v) is 25.4. The molecule has 0 bridgehead atoms. The normalized spacial score (nSPS) is 17.3. The highest BCUT2D eigenvalue weighted by molar-refractivity contribution is 6.01. The van der Waals surface area contributed by atoms with Gasteiger partial charge in [0.25, 0.3) is 0 Å². The second kappa shape index (κ2) is 73.8. The van der Waals surface area contributed by atoms with Crippen molar-refractivity contribution in [2.75, 3.05) is 52.9 Å². The Kier molecular flexibility index (Phi) is 68.1. The van der Waals surface area contributed by atoms with Gasteiger partial charge in [-0.05, 0) is 61.5 Å². The molecule has 114 heavy (non-hydrogen) atoms. The number of ether oxygens (including phenoxy) is 4. The van der Waals surface area contributed by atoms with E-state index >= 15 is 0 Å². The second-order valence-corrected chi connectivity index (χ2v) is 37.4. The lowest BCUT2D eigenvalue weighted by molar-refractivity contribution is -0.144. The molecule has 4 amide bonds. The van der Waals surface area contributed by atoms with Crippen LogP contribution in [0.25, 0.3) is 0 Å². The van der Waals surface area contributed by atoms with Crippen LogP contribution in [0.2, 0.25) is 0 Å². The number of rotatable bonds is 86. The summed E-state index contributed by atoms with van der Waals surface area (Å²) < 4.78 is 26.3. The van der Waals surface area contributed by atoms with Crippen molar-refractivity contribution >= 4 is 23.6 Å². The minimum Gasteiger partial charge on any atom is -0.381 e. The molecule has 3 rings (SSSR count). The van der Waals surface area contributed by atoms with Crippen molar-refractivity contribution in [3.8, 4) is 0 Å². The van der Waals surface area contributed by atoms with E-state index in [9.17, 15) is 19.2 Å². The topological polar surface area (TPSA) is 153 Å². The molecule has 2 heterocycles. The summed E-state index contributed by atoms with van der Waals surface area (Å²) in [6.07, 6.45) is 85.9. The zero-order valence-corrected chi connectivity index (χ0v) is 76.8. The number of amides is 4. The highest BCUT2D eigenvalue weighted by atomic mass is 16.5. The van der Waals surface area contributed by atoms with Crippen LogP contribution in [0.1, 0.15) is 490 Å². The Labute approximate surface area is 706 Å². The van der Waals surface area contributed by atoms with Crippen LogP contribution in [-0.4, -0.2) is 99.6 Å². The minimum absolute atomic E-state index is 0.0845. The third-order valence-electron chi connectivity index (χ3n) is 25.4. The lowest BCUT2D eigenvalue weighted by Crippen LogP contribution is -2.71. The van der Waals surface area contributed by atoms with Gasteiger partial charge in [0.05, 0.1) is 26.4 Å². The van der Waals surface area contributed by atoms with Crippen molar-refractivity contribution in [2.24, 2.45) is 23.7 Å². The molecular weight excluding hydrogens is 1410 g/mol. The van der Waals surface area contributed by atoms with Crippen LogP contribution in [0, 0.1) is 23.7 Å². The second-order valence-electron chi connectivity index (χ2n) is 37.4. The SMILES string of the molecule is CCCCCCCCCCCCCCCCCCOCC(COCCCCCCCCCCCCCCCCCC)C[C@@]1(Cc2ccc(C[C@]3(CC(COCCCCCCCCCCCCCCCCCC)COCCCCCCCCCCCCCCCCCC)NC(=O)[C@H](C(C)C)NC3=O)cc2)NC(=O)[C@H](C(C)C)NC1=O. The molecule has 666 valence electrons. The molecule has 2 fully saturated rings. The number of unbranched alkanes of at least 4 members (excludes halogenated alkanes) is 60. The van der Waals surface area contributed by atoms with E-state index in [2.05, 4.69) is 73.2 Å². The summed E-state index contributed by atoms with van der Waals surface area (Å²) >= 11 is 0. The molecule has 4 N–H and O–H groups in total. The van der Waals surface area contributed by atoms with Gasteiger partial charge in [-0.25, -0.2) is 0 Å². The van der Waals surface area contributed by atoms with Crippen LogP contribution in [0.3, 0.4) is 0 Å². The molecule has 0 unspecified atom stereocenters. The number of carbonyl (C=O) groups is 4. The number of hydrogen-bond acceptors (Lipinski definition) is 8. The fraction of sp³-hybridized carbons (Fsp3) is 0.902. The van der Waals surface area contributed by atoms with Crippen molar-refractivity contribution in [2.45, 2.75) is 515 Å². The number of carbonyl (C=O) groups excluding carboxylic acids is 4. The summed E-state index contributed by atoms with van der Waals surface area (Å²) in [6.45, 7) is 21.5. The maximum absolute atomic E-state index is 15.0. The molecule has 2 aliphatic rings. The van der Waals surface area contributed by atoms with Gasteiger partial charge in [-0.3, -0.25) is 19.2 Å². The molecule has 0 aromatic heterocycles. The number of nitrogens with one attached hydrogen (secondary N) is 4. The largest absolute Gasteiger partial charge is 0.381 e. The highest BCUT2D eigenvalue weighted by Gasteiger charge is 2.50. The molecule has 12 nitrogen and oxygen atoms in total. The fourth-order valence-corrected chi connectivity index (χ4v) is 17.8. The first kappa shape index (κ1) is 105. The molecular formula is C102H190N4O8. The van der Waals surface area contributed by atoms with Gasteiger partial charge in [-0.1, -0.05) is 465 Å². The van der Waals surface area contributed by atoms with E-state index < -0.39 is 23.2 Å². The Morgan fingerprint density at radius 2 is 0.430 bits per heavy atom. The Balaban J connectivity index is 1.74. The monoisotopic (exact) mass is 1600 g/mol. The zero-order chi connectivity index (χ0) is 82.2. The van der Waals surface area contributed by atoms with E-state index in [1.807, 2.05) is 27.7 Å². The maximum Gasteiger partial charge on any atom is 0.246 e. The van der Waals surface area contributed by atoms with Crippen LogP contribution in [-0.2, 0) is 51.0 Å². The summed E-state index contributed by atoms with van der Waals surface area (Å²) in [5.41, 5.74) is -0.708. The minimum atomic E-state index is -1.25. The van der Waals surface area contributed by atoms with Crippen molar-refractivity contribution < 1.29 is 38.1 Å². The lowest BCUT2D eigenvalue weighted by Gasteiger charge is -2.43. The molecule has 2 saturated heterocycles. The third kappa shape index (κ3) is 54.3. The van der Waals surface area contributed by atoms with Gasteiger partial charge < -0.3 is 40.2 Å². The van der Waals surface area contributed by atoms with E-state index in [1.54, 1.807) is 0 Å². The quantitative estimate of drug-likeness (QED) is 0.0470. The highest BCUT2D eigenvalue weighted by Crippen LogP contribution is 2.32. The molecule has 0 aliphatic carbocycles. The first-order chi connectivity index (χ1) is 55.8. The van der Waals surface area contributed by atoms with Crippen molar-refractivity contribution in [1.82, 2.24) is 21.3 Å². The van der Waals surface area contributed by atoms with Crippen LogP contribution in [0.5, 0.6) is 0 Å². The first-order valence-corrected chi connectivity index (χ1v) is 50.5. The van der Waals surface area contributed by atoms with Gasteiger partial charge in [-0.15, -0.1) is 0 Å². The van der Waals surface area contributed by atoms with Crippen LogP contribution < -0.4 is 21.3 Å². The fourth-order valence-electron chi connectivity index (χ4n) is 17.8. The summed E-state index contributed by atoms with van der Waals surface area (Å²) in [7, 11) is 0. The average molecular weight is 1600 g/mol. The molecule has 4 atom stereocenters. The van der Waals surface area contributed by atoms with Crippen molar-refractivity contribution in [3.05, 3.63) is 35.4 Å². The van der Waals surface area contributed by atoms with Gasteiger partial charge in [0, 0.05) is 51.1 Å². The first-order valence-electron chi connectivity index (χ1n) is 50.5. The molecule has 12 heteroatoms. The van der Waals surface area contributed by atoms with E-state index in [0.29, 0.717) is 65.7 Å². The maximum atomic E-state index is 15.0. The Morgan fingerprint density at radius 1 is 0.263 bits per heavy atom. The summed E-state index contributed by atoms with van der Waals surface area (Å²) in [5, 5.41) is 13.1. The van der Waals surface area contributed by atoms with Gasteiger partial charge >= 0.3 is 0 Å². The Morgan fingerprint density at radius 3 is 0.596 bits per heavy atom. The molecule has 0 spiro atoms. The van der Waals surface area contributed by atoms with Gasteiger partial charge in [0.1, 0.15) is 23.2 Å². The van der Waals surface area contributed by atoms with Crippen molar-refractivity contribution in [1.29, 1.82) is 0 Å². The molecule has 1 aromatic rings. The predicted octanol–water partition coefficient (Wildman–Crippen LogP) is 27.9. The van der Waals surface area contributed by atoms with E-state index in [1.165, 1.54) is 360 Å². The zero-order valence-electron chi connectivity index (χ0n) is 76.8. The molecule has 0 saturated carbocycles. The number of piperazine rings is 2. The average Bonchev–Trinajstić information content (AvgIpc) is 0.776. The molecule has 1 aromatic carbocycles. The summed E-state index contributed by atoms with van der Waals surface area (Å²) in [4.78, 5) is 58.6. The Bertz CT molecular complexity index is 2110. The van der Waals surface area contributed by atoms with E-state index in [0.717, 1.165) is 62.5 Å². The summed E-state index contributed by atoms with van der Waals surface area (Å²) in [6, 6.07) is 6.93. The number of benzene rings is 1. The smallest absolute Gasteiger partial charge is 0.246 e. The van der Waals surface area contributed by atoms with E-state index in [-0.39, 0.29) is 60.1 Å². The Hall–Kier alpha value is -3.06. The number of hydrogen-bond donors (Lipinski definition) is 4. The van der Waals surface area contributed by atoms with Crippen LogP contribution >= 0.6 is 0 Å². The van der Waals surface area contributed by atoms with Gasteiger partial charge in [0.15, 0.2) is 0 Å².